The van der Waals surface area contributed by atoms with Crippen molar-refractivity contribution in [2.75, 3.05) is 5.75 Å². The number of sulfone groups is 1. The normalized spacial score (nSPS) is 15.1. The molecule has 1 atom stereocenters. The summed E-state index contributed by atoms with van der Waals surface area (Å²) in [6, 6.07) is 7.96. The Morgan fingerprint density at radius 1 is 1.14 bits per heavy atom. The van der Waals surface area contributed by atoms with Crippen molar-refractivity contribution in [3.05, 3.63) is 58.9 Å². The van der Waals surface area contributed by atoms with Crippen LogP contribution in [-0.2, 0) is 27.7 Å². The highest BCUT2D eigenvalue weighted by Crippen LogP contribution is 2.33. The van der Waals surface area contributed by atoms with Gasteiger partial charge < -0.3 is 10.1 Å². The molecule has 1 aliphatic rings. The summed E-state index contributed by atoms with van der Waals surface area (Å²) in [4.78, 5) is 31.4. The number of amides is 2. The Labute approximate surface area is 209 Å². The molecule has 8 nitrogen and oxygen atoms in total. The average molecular weight is 504 g/mol. The molecule has 0 spiro atoms. The molecule has 1 unspecified atom stereocenters. The van der Waals surface area contributed by atoms with Crippen molar-refractivity contribution in [1.29, 1.82) is 0 Å². The smallest absolute Gasteiger partial charge is 0.411 e. The summed E-state index contributed by atoms with van der Waals surface area (Å²) in [7, 11) is -3.25. The van der Waals surface area contributed by atoms with Crippen LogP contribution in [0.4, 0.5) is 4.79 Å². The molecule has 9 heteroatoms. The number of ether oxygens (including phenoxy) is 1. The number of pyridine rings is 1. The van der Waals surface area contributed by atoms with E-state index >= 15 is 0 Å². The fourth-order valence-corrected chi connectivity index (χ4v) is 4.29. The summed E-state index contributed by atoms with van der Waals surface area (Å²) in [6.45, 7) is 13.8. The average Bonchev–Trinajstić information content (AvgIpc) is 3.13. The minimum Gasteiger partial charge on any atom is -0.444 e. The van der Waals surface area contributed by atoms with E-state index in [1.165, 1.54) is 12.6 Å². The molecule has 0 fully saturated rings. The van der Waals surface area contributed by atoms with Gasteiger partial charge in [0.2, 0.25) is 0 Å². The van der Waals surface area contributed by atoms with Gasteiger partial charge >= 0.3 is 6.09 Å². The van der Waals surface area contributed by atoms with Crippen LogP contribution in [0.3, 0.4) is 0 Å². The second-order valence-corrected chi connectivity index (χ2v) is 11.8. The van der Waals surface area contributed by atoms with Gasteiger partial charge in [-0.3, -0.25) is 14.7 Å². The van der Waals surface area contributed by atoms with Gasteiger partial charge in [0.05, 0.1) is 34.5 Å². The summed E-state index contributed by atoms with van der Waals surface area (Å²) < 4.78 is 29.3. The van der Waals surface area contributed by atoms with Gasteiger partial charge in [-0.25, -0.2) is 13.2 Å². The molecule has 3 rings (SSSR count). The maximum atomic E-state index is 12.6. The Morgan fingerprint density at radius 3 is 2.29 bits per heavy atom. The van der Waals surface area contributed by atoms with Crippen LogP contribution in [0.5, 0.6) is 0 Å². The lowest BCUT2D eigenvalue weighted by atomic mass is 10.1. The van der Waals surface area contributed by atoms with E-state index in [1.807, 2.05) is 27.7 Å². The van der Waals surface area contributed by atoms with E-state index in [0.717, 1.165) is 16.8 Å². The van der Waals surface area contributed by atoms with E-state index < -0.39 is 21.5 Å². The van der Waals surface area contributed by atoms with E-state index in [-0.39, 0.29) is 29.1 Å². The predicted octanol–water partition coefficient (Wildman–Crippen LogP) is 5.03. The van der Waals surface area contributed by atoms with Gasteiger partial charge in [-0.2, -0.15) is 0 Å². The van der Waals surface area contributed by atoms with Gasteiger partial charge in [-0.05, 0) is 57.0 Å². The molecule has 2 aromatic rings. The standard InChI is InChI=1S/C23H29N3O5S.C3H8/c1-6-32(29,30)18-9-7-16(8-10-18)12-25-21(27)17-11-19-15(2)26(14-20(19)24-13-17)22(28)31-23(3,4)5;1-3-2/h7-11,13,15H,6,12,14H2,1-5H3,(H,25,27);3H2,1-2H3. The van der Waals surface area contributed by atoms with Crippen molar-refractivity contribution in [2.45, 2.75) is 84.5 Å². The monoisotopic (exact) mass is 503 g/mol. The molecule has 1 N–H and O–H groups in total. The number of carbonyl (C=O) groups excluding carboxylic acids is 2. The first kappa shape index (κ1) is 28.3. The number of carbonyl (C=O) groups is 2. The van der Waals surface area contributed by atoms with Crippen LogP contribution >= 0.6 is 0 Å². The highest BCUT2D eigenvalue weighted by molar-refractivity contribution is 7.91. The fourth-order valence-electron chi connectivity index (χ4n) is 3.40. The largest absolute Gasteiger partial charge is 0.444 e. The van der Waals surface area contributed by atoms with Crippen molar-refractivity contribution in [3.63, 3.8) is 0 Å². The van der Waals surface area contributed by atoms with E-state index in [0.29, 0.717) is 12.1 Å². The Balaban J connectivity index is 0.00000137. The van der Waals surface area contributed by atoms with Crippen molar-refractivity contribution >= 4 is 21.8 Å². The van der Waals surface area contributed by atoms with E-state index in [9.17, 15) is 18.0 Å². The summed E-state index contributed by atoms with van der Waals surface area (Å²) in [5.41, 5.74) is 2.15. The first-order valence-corrected chi connectivity index (χ1v) is 13.6. The van der Waals surface area contributed by atoms with Gasteiger partial charge in [0, 0.05) is 12.7 Å². The summed E-state index contributed by atoms with van der Waals surface area (Å²) in [5.74, 6) is -0.258. The minimum atomic E-state index is -3.25. The fraction of sp³-hybridized carbons (Fsp3) is 0.500. The molecule has 2 amide bonds. The molecular weight excluding hydrogens is 466 g/mol. The van der Waals surface area contributed by atoms with Gasteiger partial charge in [-0.15, -0.1) is 0 Å². The summed E-state index contributed by atoms with van der Waals surface area (Å²) >= 11 is 0. The molecule has 2 heterocycles. The molecule has 1 aromatic carbocycles. The highest BCUT2D eigenvalue weighted by Gasteiger charge is 2.34. The highest BCUT2D eigenvalue weighted by atomic mass is 32.2. The number of hydrogen-bond acceptors (Lipinski definition) is 6. The van der Waals surface area contributed by atoms with E-state index in [4.69, 9.17) is 4.74 Å². The third-order valence-electron chi connectivity index (χ3n) is 5.25. The van der Waals surface area contributed by atoms with Crippen LogP contribution < -0.4 is 5.32 Å². The maximum Gasteiger partial charge on any atom is 0.411 e. The third kappa shape index (κ3) is 7.52. The summed E-state index contributed by atoms with van der Waals surface area (Å²) in [6.07, 6.45) is 2.33. The summed E-state index contributed by atoms with van der Waals surface area (Å²) in [5, 5.41) is 2.82. The molecular formula is C26H37N3O5S. The van der Waals surface area contributed by atoms with Crippen LogP contribution in [0.15, 0.2) is 41.4 Å². The van der Waals surface area contributed by atoms with Crippen molar-refractivity contribution in [1.82, 2.24) is 15.2 Å². The first-order chi connectivity index (χ1) is 16.3. The number of nitrogens with one attached hydrogen (secondary N) is 1. The number of benzene rings is 1. The van der Waals surface area contributed by atoms with Gasteiger partial charge in [0.15, 0.2) is 9.84 Å². The number of rotatable bonds is 5. The van der Waals surface area contributed by atoms with Crippen LogP contribution in [0, 0.1) is 0 Å². The van der Waals surface area contributed by atoms with Gasteiger partial charge in [0.1, 0.15) is 5.60 Å². The van der Waals surface area contributed by atoms with E-state index in [1.54, 1.807) is 42.2 Å². The SMILES string of the molecule is CCC.CCS(=O)(=O)c1ccc(CNC(=O)c2cnc3c(c2)C(C)N(C(=O)OC(C)(C)C)C3)cc1. The zero-order chi connectivity index (χ0) is 26.4. The zero-order valence-electron chi connectivity index (χ0n) is 21.7. The zero-order valence-corrected chi connectivity index (χ0v) is 22.5. The number of nitrogens with zero attached hydrogens (tertiary/aromatic N) is 2. The van der Waals surface area contributed by atoms with Gasteiger partial charge in [0.25, 0.3) is 5.91 Å². The van der Waals surface area contributed by atoms with Crippen molar-refractivity contribution in [2.24, 2.45) is 0 Å². The molecule has 0 radical (unpaired) electrons. The van der Waals surface area contributed by atoms with Crippen LogP contribution in [0.2, 0.25) is 0 Å². The second-order valence-electron chi connectivity index (χ2n) is 9.48. The number of aromatic nitrogens is 1. The molecule has 1 aliphatic heterocycles. The first-order valence-electron chi connectivity index (χ1n) is 11.9. The van der Waals surface area contributed by atoms with Crippen molar-refractivity contribution in [3.8, 4) is 0 Å². The number of fused-ring (bicyclic) bond motifs is 1. The molecule has 1 aromatic heterocycles. The Hall–Kier alpha value is -2.94. The van der Waals surface area contributed by atoms with Crippen LogP contribution in [-0.4, -0.2) is 41.7 Å². The van der Waals surface area contributed by atoms with Crippen LogP contribution in [0.25, 0.3) is 0 Å². The number of hydrogen-bond donors (Lipinski definition) is 1. The Kier molecular flexibility index (Phi) is 9.43. The van der Waals surface area contributed by atoms with Gasteiger partial charge in [-0.1, -0.05) is 39.3 Å². The molecule has 35 heavy (non-hydrogen) atoms. The third-order valence-corrected chi connectivity index (χ3v) is 7.00. The quantitative estimate of drug-likeness (QED) is 0.613. The molecule has 0 bridgehead atoms. The van der Waals surface area contributed by atoms with Crippen molar-refractivity contribution < 1.29 is 22.7 Å². The Bertz CT molecular complexity index is 1140. The lowest BCUT2D eigenvalue weighted by Gasteiger charge is -2.27. The molecule has 192 valence electrons. The van der Waals surface area contributed by atoms with E-state index in [2.05, 4.69) is 24.1 Å². The topological polar surface area (TPSA) is 106 Å². The minimum absolute atomic E-state index is 0.0399. The predicted molar refractivity (Wildman–Crippen MR) is 136 cm³/mol. The molecule has 0 saturated heterocycles. The molecule has 0 aliphatic carbocycles. The molecule has 0 saturated carbocycles. The maximum absolute atomic E-state index is 12.6. The lowest BCUT2D eigenvalue weighted by molar-refractivity contribution is 0.0186. The lowest BCUT2D eigenvalue weighted by Crippen LogP contribution is -2.35. The Morgan fingerprint density at radius 2 is 1.74 bits per heavy atom. The second kappa shape index (κ2) is 11.7. The van der Waals surface area contributed by atoms with Crippen LogP contribution in [0.1, 0.15) is 88.1 Å².